The fourth-order valence-electron chi connectivity index (χ4n) is 1.68. The minimum Gasteiger partial charge on any atom is -0.478 e. The predicted octanol–water partition coefficient (Wildman–Crippen LogP) is 3.54. The summed E-state index contributed by atoms with van der Waals surface area (Å²) in [5, 5.41) is 9.11. The quantitative estimate of drug-likeness (QED) is 0.804. The van der Waals surface area contributed by atoms with Gasteiger partial charge in [0.2, 0.25) is 0 Å². The minimum atomic E-state index is -0.858. The molecule has 0 spiro atoms. The second-order valence-corrected chi connectivity index (χ2v) is 5.75. The highest BCUT2D eigenvalue weighted by atomic mass is 32.1. The van der Waals surface area contributed by atoms with Crippen LogP contribution in [-0.2, 0) is 11.8 Å². The fraction of sp³-hybridized carbons (Fsp3) is 0.500. The third-order valence-electron chi connectivity index (χ3n) is 2.73. The maximum atomic E-state index is 11.1. The van der Waals surface area contributed by atoms with Gasteiger partial charge >= 0.3 is 5.97 Å². The number of rotatable bonds is 4. The molecule has 0 bridgehead atoms. The Morgan fingerprint density at radius 1 is 1.29 bits per heavy atom. The molecule has 0 saturated heterocycles. The number of benzene rings is 1. The lowest BCUT2D eigenvalue weighted by Crippen LogP contribution is -2.13. The molecule has 0 aliphatic rings. The number of carbonyl (C=O) groups is 1. The second kappa shape index (κ2) is 5.58. The van der Waals surface area contributed by atoms with Crippen LogP contribution in [0.4, 0.5) is 0 Å². The van der Waals surface area contributed by atoms with Gasteiger partial charge < -0.3 is 5.11 Å². The Hall–Kier alpha value is -0.960. The van der Waals surface area contributed by atoms with E-state index in [0.717, 1.165) is 29.7 Å². The average molecular weight is 252 g/mol. The van der Waals surface area contributed by atoms with E-state index >= 15 is 0 Å². The number of carboxylic acids is 1. The van der Waals surface area contributed by atoms with Gasteiger partial charge in [0.1, 0.15) is 0 Å². The number of carboxylic acid groups (broad SMARTS) is 1. The van der Waals surface area contributed by atoms with Crippen LogP contribution in [-0.4, -0.2) is 16.8 Å². The standard InChI is InChI=1S/C14H20O2S/c1-14(2,3)12-8-10(5-4-6-17)7-11(9-12)13(15)16/h7-9,17H,4-6H2,1-3H3,(H,15,16). The Balaban J connectivity index is 3.14. The Morgan fingerprint density at radius 2 is 1.94 bits per heavy atom. The normalized spacial score (nSPS) is 11.5. The molecule has 0 amide bonds. The van der Waals surface area contributed by atoms with Crippen molar-refractivity contribution < 1.29 is 9.90 Å². The lowest BCUT2D eigenvalue weighted by molar-refractivity contribution is 0.0696. The smallest absolute Gasteiger partial charge is 0.335 e. The first-order chi connectivity index (χ1) is 7.84. The van der Waals surface area contributed by atoms with Crippen molar-refractivity contribution in [2.45, 2.75) is 39.0 Å². The highest BCUT2D eigenvalue weighted by molar-refractivity contribution is 7.80. The Morgan fingerprint density at radius 3 is 2.41 bits per heavy atom. The molecule has 1 aromatic carbocycles. The van der Waals surface area contributed by atoms with Crippen molar-refractivity contribution in [3.05, 3.63) is 34.9 Å². The first kappa shape index (κ1) is 14.1. The SMILES string of the molecule is CC(C)(C)c1cc(CCCS)cc(C(=O)O)c1. The molecule has 0 radical (unpaired) electrons. The molecule has 1 N–H and O–H groups in total. The van der Waals surface area contributed by atoms with Crippen molar-refractivity contribution in [1.82, 2.24) is 0 Å². The van der Waals surface area contributed by atoms with E-state index in [-0.39, 0.29) is 5.41 Å². The van der Waals surface area contributed by atoms with Crippen LogP contribution in [0, 0.1) is 0 Å². The molecule has 1 rings (SSSR count). The predicted molar refractivity (Wildman–Crippen MR) is 74.3 cm³/mol. The van der Waals surface area contributed by atoms with Crippen molar-refractivity contribution in [1.29, 1.82) is 0 Å². The highest BCUT2D eigenvalue weighted by Gasteiger charge is 2.17. The van der Waals surface area contributed by atoms with Crippen LogP contribution in [0.3, 0.4) is 0 Å². The molecule has 0 aliphatic heterocycles. The van der Waals surface area contributed by atoms with Gasteiger partial charge in [-0.25, -0.2) is 4.79 Å². The third-order valence-corrected chi connectivity index (χ3v) is 3.05. The van der Waals surface area contributed by atoms with E-state index in [2.05, 4.69) is 39.5 Å². The van der Waals surface area contributed by atoms with Crippen LogP contribution >= 0.6 is 12.6 Å². The van der Waals surface area contributed by atoms with Gasteiger partial charge in [-0.15, -0.1) is 0 Å². The molecule has 0 unspecified atom stereocenters. The monoisotopic (exact) mass is 252 g/mol. The molecule has 1 aromatic rings. The number of aromatic carboxylic acids is 1. The van der Waals surface area contributed by atoms with Gasteiger partial charge in [0.15, 0.2) is 0 Å². The molecule has 0 aromatic heterocycles. The molecule has 0 heterocycles. The van der Waals surface area contributed by atoms with E-state index in [1.54, 1.807) is 12.1 Å². The molecule has 94 valence electrons. The topological polar surface area (TPSA) is 37.3 Å². The summed E-state index contributed by atoms with van der Waals surface area (Å²) < 4.78 is 0. The van der Waals surface area contributed by atoms with E-state index in [4.69, 9.17) is 5.11 Å². The maximum absolute atomic E-state index is 11.1. The molecule has 0 atom stereocenters. The first-order valence-corrected chi connectivity index (χ1v) is 6.46. The van der Waals surface area contributed by atoms with Crippen LogP contribution in [0.2, 0.25) is 0 Å². The zero-order chi connectivity index (χ0) is 13.1. The fourth-order valence-corrected chi connectivity index (χ4v) is 1.83. The van der Waals surface area contributed by atoms with E-state index in [1.165, 1.54) is 0 Å². The lowest BCUT2D eigenvalue weighted by atomic mass is 9.84. The van der Waals surface area contributed by atoms with Crippen molar-refractivity contribution >= 4 is 18.6 Å². The largest absolute Gasteiger partial charge is 0.478 e. The van der Waals surface area contributed by atoms with Crippen molar-refractivity contribution in [3.63, 3.8) is 0 Å². The van der Waals surface area contributed by atoms with Gasteiger partial charge in [-0.3, -0.25) is 0 Å². The van der Waals surface area contributed by atoms with Gasteiger partial charge in [0.05, 0.1) is 5.56 Å². The summed E-state index contributed by atoms with van der Waals surface area (Å²) in [4.78, 5) is 11.1. The van der Waals surface area contributed by atoms with E-state index in [1.807, 2.05) is 0 Å². The second-order valence-electron chi connectivity index (χ2n) is 5.30. The van der Waals surface area contributed by atoms with Gasteiger partial charge in [0, 0.05) is 0 Å². The summed E-state index contributed by atoms with van der Waals surface area (Å²) in [6.07, 6.45) is 1.85. The number of aryl methyl sites for hydroxylation is 1. The number of thiol groups is 1. The molecular formula is C14H20O2S. The summed E-state index contributed by atoms with van der Waals surface area (Å²) in [6, 6.07) is 5.64. The maximum Gasteiger partial charge on any atom is 0.335 e. The van der Waals surface area contributed by atoms with Gasteiger partial charge in [-0.2, -0.15) is 12.6 Å². The zero-order valence-electron chi connectivity index (χ0n) is 10.7. The van der Waals surface area contributed by atoms with Crippen molar-refractivity contribution in [2.24, 2.45) is 0 Å². The highest BCUT2D eigenvalue weighted by Crippen LogP contribution is 2.25. The van der Waals surface area contributed by atoms with Gasteiger partial charge in [-0.1, -0.05) is 26.8 Å². The molecule has 2 nitrogen and oxygen atoms in total. The van der Waals surface area contributed by atoms with Crippen LogP contribution in [0.15, 0.2) is 18.2 Å². The Kier molecular flexibility index (Phi) is 4.63. The van der Waals surface area contributed by atoms with E-state index in [0.29, 0.717) is 5.56 Å². The summed E-state index contributed by atoms with van der Waals surface area (Å²) in [6.45, 7) is 6.28. The van der Waals surface area contributed by atoms with Crippen LogP contribution in [0.1, 0.15) is 48.7 Å². The lowest BCUT2D eigenvalue weighted by Gasteiger charge is -2.20. The molecule has 0 saturated carbocycles. The number of hydrogen-bond acceptors (Lipinski definition) is 2. The van der Waals surface area contributed by atoms with E-state index in [9.17, 15) is 4.79 Å². The average Bonchev–Trinajstić information content (AvgIpc) is 2.24. The Labute approximate surface area is 108 Å². The zero-order valence-corrected chi connectivity index (χ0v) is 11.6. The molecule has 17 heavy (non-hydrogen) atoms. The van der Waals surface area contributed by atoms with Crippen LogP contribution in [0.25, 0.3) is 0 Å². The summed E-state index contributed by atoms with van der Waals surface area (Å²) in [7, 11) is 0. The molecule has 0 fully saturated rings. The van der Waals surface area contributed by atoms with Gasteiger partial charge in [0.25, 0.3) is 0 Å². The summed E-state index contributed by atoms with van der Waals surface area (Å²) in [5.74, 6) is -0.0365. The van der Waals surface area contributed by atoms with Gasteiger partial charge in [-0.05, 0) is 47.3 Å². The van der Waals surface area contributed by atoms with Crippen LogP contribution in [0.5, 0.6) is 0 Å². The molecular weight excluding hydrogens is 232 g/mol. The first-order valence-electron chi connectivity index (χ1n) is 5.83. The van der Waals surface area contributed by atoms with Crippen molar-refractivity contribution in [3.8, 4) is 0 Å². The minimum absolute atomic E-state index is 0.0266. The third kappa shape index (κ3) is 4.08. The van der Waals surface area contributed by atoms with E-state index < -0.39 is 5.97 Å². The van der Waals surface area contributed by atoms with Crippen molar-refractivity contribution in [2.75, 3.05) is 5.75 Å². The Bertz CT molecular complexity index is 405. The molecule has 0 aliphatic carbocycles. The number of hydrogen-bond donors (Lipinski definition) is 2. The summed E-state index contributed by atoms with van der Waals surface area (Å²) in [5.41, 5.74) is 2.52. The van der Waals surface area contributed by atoms with Crippen LogP contribution < -0.4 is 0 Å². The summed E-state index contributed by atoms with van der Waals surface area (Å²) >= 11 is 4.18. The molecule has 3 heteroatoms.